The first-order valence-corrected chi connectivity index (χ1v) is 8.17. The fourth-order valence-electron chi connectivity index (χ4n) is 1.90. The summed E-state index contributed by atoms with van der Waals surface area (Å²) in [7, 11) is -2.13. The lowest BCUT2D eigenvalue weighted by molar-refractivity contribution is 0.414. The van der Waals surface area contributed by atoms with Crippen molar-refractivity contribution in [3.63, 3.8) is 0 Å². The molecular formula is C15H16ClNO3S. The van der Waals surface area contributed by atoms with Gasteiger partial charge in [0.05, 0.1) is 17.0 Å². The third-order valence-electron chi connectivity index (χ3n) is 2.98. The first-order valence-electron chi connectivity index (χ1n) is 6.31. The number of ether oxygens (including phenoxy) is 1. The molecule has 0 spiro atoms. The molecule has 0 heterocycles. The molecule has 4 nitrogen and oxygen atoms in total. The van der Waals surface area contributed by atoms with Gasteiger partial charge in [0, 0.05) is 6.54 Å². The van der Waals surface area contributed by atoms with E-state index in [1.807, 2.05) is 31.2 Å². The van der Waals surface area contributed by atoms with Crippen molar-refractivity contribution in [2.75, 3.05) is 7.11 Å². The molecule has 0 aliphatic rings. The molecule has 2 aromatic rings. The van der Waals surface area contributed by atoms with Crippen molar-refractivity contribution in [2.45, 2.75) is 18.4 Å². The van der Waals surface area contributed by atoms with Crippen LogP contribution in [0.15, 0.2) is 47.4 Å². The van der Waals surface area contributed by atoms with Crippen LogP contribution in [-0.4, -0.2) is 15.5 Å². The number of nitrogens with one attached hydrogen (secondary N) is 1. The number of methoxy groups -OCH3 is 1. The number of rotatable bonds is 5. The van der Waals surface area contributed by atoms with Gasteiger partial charge < -0.3 is 4.74 Å². The first-order chi connectivity index (χ1) is 9.92. The zero-order chi connectivity index (χ0) is 15.5. The van der Waals surface area contributed by atoms with Crippen LogP contribution in [0.4, 0.5) is 0 Å². The second kappa shape index (κ2) is 6.47. The van der Waals surface area contributed by atoms with Crippen LogP contribution in [0.2, 0.25) is 5.02 Å². The molecule has 0 aliphatic carbocycles. The van der Waals surface area contributed by atoms with Crippen LogP contribution in [0.5, 0.6) is 5.75 Å². The molecule has 21 heavy (non-hydrogen) atoms. The average molecular weight is 326 g/mol. The van der Waals surface area contributed by atoms with Crippen molar-refractivity contribution in [2.24, 2.45) is 0 Å². The summed E-state index contributed by atoms with van der Waals surface area (Å²) < 4.78 is 32.0. The van der Waals surface area contributed by atoms with Gasteiger partial charge in [0.15, 0.2) is 0 Å². The highest BCUT2D eigenvalue weighted by Gasteiger charge is 2.15. The number of hydrogen-bond donors (Lipinski definition) is 1. The summed E-state index contributed by atoms with van der Waals surface area (Å²) in [4.78, 5) is 0.112. The van der Waals surface area contributed by atoms with Gasteiger partial charge in [0.25, 0.3) is 0 Å². The Hall–Kier alpha value is -1.56. The monoisotopic (exact) mass is 325 g/mol. The van der Waals surface area contributed by atoms with Crippen molar-refractivity contribution in [1.29, 1.82) is 0 Å². The van der Waals surface area contributed by atoms with E-state index < -0.39 is 10.0 Å². The summed E-state index contributed by atoms with van der Waals surface area (Å²) in [6.07, 6.45) is 0. The smallest absolute Gasteiger partial charge is 0.240 e. The normalized spacial score (nSPS) is 11.4. The van der Waals surface area contributed by atoms with E-state index >= 15 is 0 Å². The highest BCUT2D eigenvalue weighted by Crippen LogP contribution is 2.26. The van der Waals surface area contributed by atoms with E-state index in [2.05, 4.69) is 4.72 Å². The number of hydrogen-bond acceptors (Lipinski definition) is 3. The van der Waals surface area contributed by atoms with Gasteiger partial charge >= 0.3 is 0 Å². The number of benzene rings is 2. The molecule has 0 atom stereocenters. The molecule has 0 radical (unpaired) electrons. The van der Waals surface area contributed by atoms with Crippen LogP contribution >= 0.6 is 11.6 Å². The number of aryl methyl sites for hydroxylation is 1. The molecule has 6 heteroatoms. The molecule has 0 saturated carbocycles. The largest absolute Gasteiger partial charge is 0.495 e. The van der Waals surface area contributed by atoms with Gasteiger partial charge in [-0.15, -0.1) is 0 Å². The van der Waals surface area contributed by atoms with Crippen molar-refractivity contribution in [3.8, 4) is 5.75 Å². The maximum atomic E-state index is 12.2. The second-order valence-electron chi connectivity index (χ2n) is 4.61. The van der Waals surface area contributed by atoms with Crippen molar-refractivity contribution < 1.29 is 13.2 Å². The van der Waals surface area contributed by atoms with Gasteiger partial charge in [0.2, 0.25) is 10.0 Å². The third-order valence-corrected chi connectivity index (χ3v) is 4.68. The summed E-state index contributed by atoms with van der Waals surface area (Å²) in [5.41, 5.74) is 1.98. The van der Waals surface area contributed by atoms with Crippen LogP contribution in [-0.2, 0) is 16.6 Å². The summed E-state index contributed by atoms with van der Waals surface area (Å²) in [6.45, 7) is 2.19. The Morgan fingerprint density at radius 1 is 1.19 bits per heavy atom. The molecule has 0 amide bonds. The van der Waals surface area contributed by atoms with Crippen LogP contribution < -0.4 is 9.46 Å². The maximum Gasteiger partial charge on any atom is 0.240 e. The minimum absolute atomic E-state index is 0.112. The van der Waals surface area contributed by atoms with E-state index in [1.165, 1.54) is 25.3 Å². The molecule has 0 bridgehead atoms. The minimum atomic E-state index is -3.61. The molecule has 0 fully saturated rings. The van der Waals surface area contributed by atoms with Gasteiger partial charge in [0.1, 0.15) is 5.75 Å². The van der Waals surface area contributed by atoms with E-state index in [1.54, 1.807) is 0 Å². The Bertz CT molecular complexity index is 744. The van der Waals surface area contributed by atoms with Crippen molar-refractivity contribution in [3.05, 3.63) is 58.6 Å². The molecule has 0 saturated heterocycles. The standard InChI is InChI=1S/C15H16ClNO3S/c1-11-4-3-5-12(8-11)10-17-21(18,19)13-6-7-15(20-2)14(16)9-13/h3-9,17H,10H2,1-2H3. The fourth-order valence-corrected chi connectivity index (χ4v) is 3.26. The molecule has 0 aromatic heterocycles. The third kappa shape index (κ3) is 3.97. The SMILES string of the molecule is COc1ccc(S(=O)(=O)NCc2cccc(C)c2)cc1Cl. The molecular weight excluding hydrogens is 310 g/mol. The second-order valence-corrected chi connectivity index (χ2v) is 6.78. The summed E-state index contributed by atoms with van der Waals surface area (Å²) in [6, 6.07) is 12.0. The summed E-state index contributed by atoms with van der Waals surface area (Å²) >= 11 is 5.96. The number of halogens is 1. The van der Waals surface area contributed by atoms with Gasteiger partial charge in [-0.05, 0) is 30.7 Å². The lowest BCUT2D eigenvalue weighted by atomic mass is 10.1. The van der Waals surface area contributed by atoms with Gasteiger partial charge in [-0.25, -0.2) is 13.1 Å². The Morgan fingerprint density at radius 3 is 2.57 bits per heavy atom. The zero-order valence-corrected chi connectivity index (χ0v) is 13.3. The van der Waals surface area contributed by atoms with E-state index in [0.717, 1.165) is 11.1 Å². The molecule has 112 valence electrons. The van der Waals surface area contributed by atoms with Crippen molar-refractivity contribution in [1.82, 2.24) is 4.72 Å². The predicted octanol–water partition coefficient (Wildman–Crippen LogP) is 3.14. The van der Waals surface area contributed by atoms with Crippen LogP contribution in [0, 0.1) is 6.92 Å². The Morgan fingerprint density at radius 2 is 1.95 bits per heavy atom. The zero-order valence-electron chi connectivity index (χ0n) is 11.8. The maximum absolute atomic E-state index is 12.2. The molecule has 2 rings (SSSR count). The molecule has 0 unspecified atom stereocenters. The van der Waals surface area contributed by atoms with Crippen molar-refractivity contribution >= 4 is 21.6 Å². The molecule has 2 aromatic carbocycles. The Kier molecular flexibility index (Phi) is 4.88. The lowest BCUT2D eigenvalue weighted by Crippen LogP contribution is -2.23. The highest BCUT2D eigenvalue weighted by atomic mass is 35.5. The van der Waals surface area contributed by atoms with Crippen LogP contribution in [0.1, 0.15) is 11.1 Å². The lowest BCUT2D eigenvalue weighted by Gasteiger charge is -2.09. The molecule has 0 aliphatic heterocycles. The summed E-state index contributed by atoms with van der Waals surface area (Å²) in [5, 5.41) is 0.260. The van der Waals surface area contributed by atoms with E-state index in [-0.39, 0.29) is 16.5 Å². The quantitative estimate of drug-likeness (QED) is 0.918. The Labute approximate surface area is 129 Å². The van der Waals surface area contributed by atoms with Crippen LogP contribution in [0.3, 0.4) is 0 Å². The average Bonchev–Trinajstić information content (AvgIpc) is 2.45. The number of sulfonamides is 1. The first kappa shape index (κ1) is 15.8. The molecule has 1 N–H and O–H groups in total. The minimum Gasteiger partial charge on any atom is -0.495 e. The Balaban J connectivity index is 2.17. The van der Waals surface area contributed by atoms with E-state index in [9.17, 15) is 8.42 Å². The van der Waals surface area contributed by atoms with Gasteiger partial charge in [-0.3, -0.25) is 0 Å². The fraction of sp³-hybridized carbons (Fsp3) is 0.200. The van der Waals surface area contributed by atoms with Crippen LogP contribution in [0.25, 0.3) is 0 Å². The predicted molar refractivity (Wildman–Crippen MR) is 83.2 cm³/mol. The summed E-state index contributed by atoms with van der Waals surface area (Å²) in [5.74, 6) is 0.439. The van der Waals surface area contributed by atoms with E-state index in [0.29, 0.717) is 5.75 Å². The van der Waals surface area contributed by atoms with Gasteiger partial charge in [-0.1, -0.05) is 41.4 Å². The topological polar surface area (TPSA) is 55.4 Å². The highest BCUT2D eigenvalue weighted by molar-refractivity contribution is 7.89. The van der Waals surface area contributed by atoms with E-state index in [4.69, 9.17) is 16.3 Å². The van der Waals surface area contributed by atoms with Gasteiger partial charge in [-0.2, -0.15) is 0 Å².